The van der Waals surface area contributed by atoms with Crippen LogP contribution in [0.25, 0.3) is 0 Å². The van der Waals surface area contributed by atoms with Crippen molar-refractivity contribution in [3.63, 3.8) is 0 Å². The molecule has 3 rings (SSSR count). The maximum atomic E-state index is 14.0. The highest BCUT2D eigenvalue weighted by atomic mass is 35.5. The molecule has 0 spiro atoms. The summed E-state index contributed by atoms with van der Waals surface area (Å²) in [6.45, 7) is 3.76. The zero-order valence-electron chi connectivity index (χ0n) is 22.0. The Morgan fingerprint density at radius 1 is 0.974 bits per heavy atom. The molecule has 3 aromatic carbocycles. The van der Waals surface area contributed by atoms with Crippen LogP contribution in [0.2, 0.25) is 5.02 Å². The van der Waals surface area contributed by atoms with Gasteiger partial charge in [-0.05, 0) is 48.7 Å². The van der Waals surface area contributed by atoms with E-state index in [2.05, 4.69) is 5.32 Å². The topological polar surface area (TPSA) is 86.8 Å². The van der Waals surface area contributed by atoms with Crippen molar-refractivity contribution in [1.29, 1.82) is 0 Å². The van der Waals surface area contributed by atoms with E-state index in [1.165, 1.54) is 29.2 Å². The maximum Gasteiger partial charge on any atom is 0.264 e. The first-order valence-corrected chi connectivity index (χ1v) is 14.6. The molecule has 39 heavy (non-hydrogen) atoms. The zero-order chi connectivity index (χ0) is 28.4. The number of hydrogen-bond acceptors (Lipinski definition) is 4. The van der Waals surface area contributed by atoms with Gasteiger partial charge in [-0.15, -0.1) is 0 Å². The quantitative estimate of drug-likeness (QED) is 0.277. The number of hydrogen-bond donors (Lipinski definition) is 1. The van der Waals surface area contributed by atoms with E-state index in [9.17, 15) is 22.4 Å². The van der Waals surface area contributed by atoms with Gasteiger partial charge in [0.15, 0.2) is 0 Å². The number of carbonyl (C=O) groups is 2. The first-order chi connectivity index (χ1) is 18.7. The summed E-state index contributed by atoms with van der Waals surface area (Å²) in [5.74, 6) is -1.61. The van der Waals surface area contributed by atoms with Crippen LogP contribution >= 0.6 is 11.6 Å². The van der Waals surface area contributed by atoms with E-state index in [1.807, 2.05) is 37.3 Å². The standard InChI is InChI=1S/C29H33ClFN3O4S/c1-3-5-18-32-29(36)27(4-2)33(20-22-12-8-6-9-13-22)28(35)21-34(23-16-17-26(31)25(30)19-23)39(37,38)24-14-10-7-11-15-24/h6-17,19,27H,3-5,18,20-21H2,1-2H3,(H,32,36)/t27-/m0/s1. The highest BCUT2D eigenvalue weighted by Crippen LogP contribution is 2.28. The number of rotatable bonds is 13. The largest absolute Gasteiger partial charge is 0.354 e. The van der Waals surface area contributed by atoms with Crippen molar-refractivity contribution in [3.8, 4) is 0 Å². The summed E-state index contributed by atoms with van der Waals surface area (Å²) in [7, 11) is -4.25. The predicted molar refractivity (Wildman–Crippen MR) is 151 cm³/mol. The van der Waals surface area contributed by atoms with Gasteiger partial charge in [-0.25, -0.2) is 12.8 Å². The summed E-state index contributed by atoms with van der Waals surface area (Å²) in [6.07, 6.45) is 2.02. The van der Waals surface area contributed by atoms with Gasteiger partial charge >= 0.3 is 0 Å². The van der Waals surface area contributed by atoms with E-state index in [4.69, 9.17) is 11.6 Å². The lowest BCUT2D eigenvalue weighted by Crippen LogP contribution is -2.52. The molecule has 0 aliphatic rings. The molecular weight excluding hydrogens is 541 g/mol. The minimum absolute atomic E-state index is 0.0266. The Balaban J connectivity index is 2.03. The summed E-state index contributed by atoms with van der Waals surface area (Å²) in [5.41, 5.74) is 0.812. The second kappa shape index (κ2) is 14.1. The number of nitrogens with one attached hydrogen (secondary N) is 1. The minimum atomic E-state index is -4.25. The molecule has 0 unspecified atom stereocenters. The normalized spacial score (nSPS) is 12.0. The molecule has 0 aromatic heterocycles. The smallest absolute Gasteiger partial charge is 0.264 e. The van der Waals surface area contributed by atoms with E-state index in [1.54, 1.807) is 25.1 Å². The Bertz CT molecular complexity index is 1360. The van der Waals surface area contributed by atoms with Gasteiger partial charge in [0.25, 0.3) is 10.0 Å². The first-order valence-electron chi connectivity index (χ1n) is 12.8. The maximum absolute atomic E-state index is 14.0. The van der Waals surface area contributed by atoms with Crippen molar-refractivity contribution in [2.24, 2.45) is 0 Å². The minimum Gasteiger partial charge on any atom is -0.354 e. The first kappa shape index (κ1) is 30.1. The van der Waals surface area contributed by atoms with E-state index in [0.29, 0.717) is 13.0 Å². The van der Waals surface area contributed by atoms with Gasteiger partial charge in [0.05, 0.1) is 15.6 Å². The van der Waals surface area contributed by atoms with Crippen LogP contribution in [-0.4, -0.2) is 44.3 Å². The van der Waals surface area contributed by atoms with Gasteiger partial charge in [-0.1, -0.05) is 80.4 Å². The lowest BCUT2D eigenvalue weighted by Gasteiger charge is -2.33. The fourth-order valence-electron chi connectivity index (χ4n) is 4.09. The highest BCUT2D eigenvalue weighted by molar-refractivity contribution is 7.92. The number of amides is 2. The molecule has 10 heteroatoms. The van der Waals surface area contributed by atoms with Crippen molar-refractivity contribution in [2.45, 2.75) is 50.6 Å². The van der Waals surface area contributed by atoms with Crippen LogP contribution in [0.4, 0.5) is 10.1 Å². The molecule has 7 nitrogen and oxygen atoms in total. The van der Waals surface area contributed by atoms with Crippen LogP contribution in [0.3, 0.4) is 0 Å². The third-order valence-corrected chi connectivity index (χ3v) is 8.29. The van der Waals surface area contributed by atoms with Crippen LogP contribution in [0, 0.1) is 5.82 Å². The fourth-order valence-corrected chi connectivity index (χ4v) is 5.70. The van der Waals surface area contributed by atoms with Gasteiger partial charge in [0, 0.05) is 13.1 Å². The van der Waals surface area contributed by atoms with Gasteiger partial charge in [-0.2, -0.15) is 0 Å². The van der Waals surface area contributed by atoms with Crippen molar-refractivity contribution in [2.75, 3.05) is 17.4 Å². The van der Waals surface area contributed by atoms with E-state index in [0.717, 1.165) is 28.8 Å². The average molecular weight is 574 g/mol. The third kappa shape index (κ3) is 7.80. The van der Waals surface area contributed by atoms with Crippen LogP contribution in [0.1, 0.15) is 38.7 Å². The number of carbonyl (C=O) groups excluding carboxylic acids is 2. The monoisotopic (exact) mass is 573 g/mol. The average Bonchev–Trinajstić information content (AvgIpc) is 2.94. The molecule has 0 fully saturated rings. The van der Waals surface area contributed by atoms with Crippen molar-refractivity contribution in [1.82, 2.24) is 10.2 Å². The highest BCUT2D eigenvalue weighted by Gasteiger charge is 2.33. The lowest BCUT2D eigenvalue weighted by atomic mass is 10.1. The Kier molecular flexibility index (Phi) is 10.9. The predicted octanol–water partition coefficient (Wildman–Crippen LogP) is 5.40. The molecule has 0 aliphatic carbocycles. The number of sulfonamides is 1. The number of benzene rings is 3. The van der Waals surface area contributed by atoms with Crippen molar-refractivity contribution < 1.29 is 22.4 Å². The molecule has 1 N–H and O–H groups in total. The van der Waals surface area contributed by atoms with Gasteiger partial charge < -0.3 is 10.2 Å². The number of halogens is 2. The van der Waals surface area contributed by atoms with Crippen LogP contribution in [0.5, 0.6) is 0 Å². The number of nitrogens with zero attached hydrogens (tertiary/aromatic N) is 2. The Hall–Kier alpha value is -3.43. The van der Waals surface area contributed by atoms with Gasteiger partial charge in [0.2, 0.25) is 11.8 Å². The summed E-state index contributed by atoms with van der Waals surface area (Å²) in [5, 5.41) is 2.61. The Morgan fingerprint density at radius 2 is 1.62 bits per heavy atom. The molecule has 0 radical (unpaired) electrons. The molecule has 0 saturated heterocycles. The summed E-state index contributed by atoms with van der Waals surface area (Å²) >= 11 is 5.99. The van der Waals surface area contributed by atoms with Gasteiger partial charge in [-0.3, -0.25) is 13.9 Å². The Morgan fingerprint density at radius 3 is 2.21 bits per heavy atom. The van der Waals surface area contributed by atoms with Gasteiger partial charge in [0.1, 0.15) is 18.4 Å². The molecule has 1 atom stereocenters. The van der Waals surface area contributed by atoms with E-state index < -0.39 is 34.3 Å². The lowest BCUT2D eigenvalue weighted by molar-refractivity contribution is -0.140. The van der Waals surface area contributed by atoms with E-state index >= 15 is 0 Å². The van der Waals surface area contributed by atoms with E-state index in [-0.39, 0.29) is 28.1 Å². The van der Waals surface area contributed by atoms with Crippen molar-refractivity contribution in [3.05, 3.63) is 95.3 Å². The zero-order valence-corrected chi connectivity index (χ0v) is 23.6. The molecule has 3 aromatic rings. The number of unbranched alkanes of at least 4 members (excludes halogenated alkanes) is 1. The van der Waals surface area contributed by atoms with Crippen LogP contribution in [-0.2, 0) is 26.2 Å². The Labute approximate surface area is 234 Å². The number of anilines is 1. The molecule has 0 aliphatic heterocycles. The summed E-state index contributed by atoms with van der Waals surface area (Å²) < 4.78 is 42.3. The second-order valence-electron chi connectivity index (χ2n) is 9.00. The SMILES string of the molecule is CCCCNC(=O)[C@H](CC)N(Cc1ccccc1)C(=O)CN(c1ccc(F)c(Cl)c1)S(=O)(=O)c1ccccc1. The molecule has 0 bridgehead atoms. The fraction of sp³-hybridized carbons (Fsp3) is 0.310. The van der Waals surface area contributed by atoms with Crippen LogP contribution in [0.15, 0.2) is 83.8 Å². The van der Waals surface area contributed by atoms with Crippen molar-refractivity contribution >= 4 is 39.1 Å². The summed E-state index contributed by atoms with van der Waals surface area (Å²) in [6, 6.07) is 19.4. The molecule has 2 amide bonds. The third-order valence-electron chi connectivity index (χ3n) is 6.21. The molecule has 208 valence electrons. The molecular formula is C29H33ClFN3O4S. The molecule has 0 saturated carbocycles. The second-order valence-corrected chi connectivity index (χ2v) is 11.3. The molecule has 0 heterocycles. The van der Waals surface area contributed by atoms with Crippen LogP contribution < -0.4 is 9.62 Å². The summed E-state index contributed by atoms with van der Waals surface area (Å²) in [4.78, 5) is 28.4.